The summed E-state index contributed by atoms with van der Waals surface area (Å²) in [6.45, 7) is 3.89. The molecule has 7 nitrogen and oxygen atoms in total. The van der Waals surface area contributed by atoms with E-state index in [0.29, 0.717) is 30.0 Å². The molecular weight excluding hydrogens is 286 g/mol. The lowest BCUT2D eigenvalue weighted by Crippen LogP contribution is -2.55. The van der Waals surface area contributed by atoms with Gasteiger partial charge in [0.2, 0.25) is 18.6 Å². The van der Waals surface area contributed by atoms with E-state index in [-0.39, 0.29) is 18.7 Å². The molecule has 2 unspecified atom stereocenters. The molecule has 0 spiro atoms. The van der Waals surface area contributed by atoms with Crippen molar-refractivity contribution in [2.45, 2.75) is 38.8 Å². The Kier molecular flexibility index (Phi) is 3.56. The van der Waals surface area contributed by atoms with Crippen LogP contribution in [0.2, 0.25) is 0 Å². The van der Waals surface area contributed by atoms with Crippen LogP contribution < -0.4 is 25.4 Å². The summed E-state index contributed by atoms with van der Waals surface area (Å²) in [7, 11) is 0. The molecule has 118 valence electrons. The third kappa shape index (κ3) is 2.13. The highest BCUT2D eigenvalue weighted by Gasteiger charge is 2.38. The molecule has 0 bridgehead atoms. The predicted molar refractivity (Wildman–Crippen MR) is 81.0 cm³/mol. The molecule has 22 heavy (non-hydrogen) atoms. The largest absolute Gasteiger partial charge is 0.454 e. The van der Waals surface area contributed by atoms with Gasteiger partial charge in [-0.2, -0.15) is 0 Å². The minimum Gasteiger partial charge on any atom is -0.454 e. The van der Waals surface area contributed by atoms with Crippen molar-refractivity contribution in [2.24, 2.45) is 5.73 Å². The minimum atomic E-state index is -0.678. The number of nitrogens with one attached hydrogen (secondary N) is 1. The zero-order valence-corrected chi connectivity index (χ0v) is 12.6. The van der Waals surface area contributed by atoms with Gasteiger partial charge in [0.1, 0.15) is 12.1 Å². The molecule has 0 aromatic heterocycles. The molecule has 2 atom stereocenters. The van der Waals surface area contributed by atoms with E-state index in [1.54, 1.807) is 12.1 Å². The maximum atomic E-state index is 12.7. The third-order valence-electron chi connectivity index (χ3n) is 4.05. The summed E-state index contributed by atoms with van der Waals surface area (Å²) in [6.07, 6.45) is 1.06. The first kappa shape index (κ1) is 14.5. The number of nitrogens with two attached hydrogens (primary N) is 1. The van der Waals surface area contributed by atoms with Crippen LogP contribution in [0.1, 0.15) is 26.7 Å². The number of nitrogens with zero attached hydrogens (tertiary/aromatic N) is 1. The molecule has 2 amide bonds. The van der Waals surface area contributed by atoms with E-state index < -0.39 is 11.9 Å². The van der Waals surface area contributed by atoms with Crippen molar-refractivity contribution in [3.63, 3.8) is 0 Å². The lowest BCUT2D eigenvalue weighted by molar-refractivity contribution is -0.125. The molecule has 0 fully saturated rings. The van der Waals surface area contributed by atoms with Crippen molar-refractivity contribution in [3.05, 3.63) is 12.1 Å². The Morgan fingerprint density at radius 2 is 2.09 bits per heavy atom. The van der Waals surface area contributed by atoms with Gasteiger partial charge in [-0.3, -0.25) is 14.5 Å². The fourth-order valence-electron chi connectivity index (χ4n) is 2.89. The monoisotopic (exact) mass is 305 g/mol. The Hall–Kier alpha value is -2.44. The van der Waals surface area contributed by atoms with E-state index in [0.717, 1.165) is 5.69 Å². The molecule has 0 saturated carbocycles. The average molecular weight is 305 g/mol. The van der Waals surface area contributed by atoms with Crippen molar-refractivity contribution in [2.75, 3.05) is 17.0 Å². The first-order valence-corrected chi connectivity index (χ1v) is 7.39. The highest BCUT2D eigenvalue weighted by Crippen LogP contribution is 2.44. The quantitative estimate of drug-likeness (QED) is 0.872. The maximum Gasteiger partial charge on any atom is 0.250 e. The fourth-order valence-corrected chi connectivity index (χ4v) is 2.89. The number of benzene rings is 1. The van der Waals surface area contributed by atoms with Crippen LogP contribution in [0.4, 0.5) is 11.4 Å². The second-order valence-electron chi connectivity index (χ2n) is 5.36. The molecular formula is C15H19N3O4. The van der Waals surface area contributed by atoms with E-state index in [9.17, 15) is 9.59 Å². The highest BCUT2D eigenvalue weighted by molar-refractivity contribution is 6.09. The Morgan fingerprint density at radius 1 is 1.41 bits per heavy atom. The van der Waals surface area contributed by atoms with E-state index in [1.165, 1.54) is 4.90 Å². The molecule has 1 aromatic rings. The molecule has 2 heterocycles. The average Bonchev–Trinajstić information content (AvgIpc) is 2.94. The summed E-state index contributed by atoms with van der Waals surface area (Å²) >= 11 is 0. The van der Waals surface area contributed by atoms with Crippen molar-refractivity contribution in [1.82, 2.24) is 0 Å². The predicted octanol–water partition coefficient (Wildman–Crippen LogP) is 1.22. The van der Waals surface area contributed by atoms with Crippen molar-refractivity contribution < 1.29 is 19.1 Å². The summed E-state index contributed by atoms with van der Waals surface area (Å²) in [5, 5.41) is 3.20. The molecule has 2 aliphatic heterocycles. The lowest BCUT2D eigenvalue weighted by atomic mass is 10.0. The molecule has 0 aliphatic carbocycles. The van der Waals surface area contributed by atoms with Gasteiger partial charge in [-0.1, -0.05) is 13.8 Å². The molecule has 0 saturated heterocycles. The number of carbonyl (C=O) groups is 2. The number of amides is 2. The van der Waals surface area contributed by atoms with Crippen LogP contribution in [0.5, 0.6) is 11.5 Å². The van der Waals surface area contributed by atoms with Crippen LogP contribution in [0.15, 0.2) is 12.1 Å². The smallest absolute Gasteiger partial charge is 0.250 e. The van der Waals surface area contributed by atoms with Gasteiger partial charge in [-0.05, 0) is 12.8 Å². The first-order chi connectivity index (χ1) is 10.6. The number of hydrogen-bond acceptors (Lipinski definition) is 5. The molecule has 0 radical (unpaired) electrons. The highest BCUT2D eigenvalue weighted by atomic mass is 16.7. The zero-order chi connectivity index (χ0) is 15.9. The van der Waals surface area contributed by atoms with Gasteiger partial charge in [0, 0.05) is 12.1 Å². The number of anilines is 2. The van der Waals surface area contributed by atoms with Gasteiger partial charge in [0.05, 0.1) is 11.4 Å². The van der Waals surface area contributed by atoms with Crippen LogP contribution in [0, 0.1) is 0 Å². The number of hydrogen-bond donors (Lipinski definition) is 2. The van der Waals surface area contributed by atoms with Crippen LogP contribution >= 0.6 is 0 Å². The number of primary amides is 1. The molecule has 2 aliphatic rings. The summed E-state index contributed by atoms with van der Waals surface area (Å²) in [5.74, 6) is 0.519. The van der Waals surface area contributed by atoms with Gasteiger partial charge >= 0.3 is 0 Å². The van der Waals surface area contributed by atoms with Crippen molar-refractivity contribution >= 4 is 23.2 Å². The van der Waals surface area contributed by atoms with Gasteiger partial charge in [0.25, 0.3) is 0 Å². The van der Waals surface area contributed by atoms with Gasteiger partial charge < -0.3 is 20.5 Å². The van der Waals surface area contributed by atoms with Crippen LogP contribution in [0.25, 0.3) is 0 Å². The van der Waals surface area contributed by atoms with Crippen LogP contribution in [-0.4, -0.2) is 30.7 Å². The maximum absolute atomic E-state index is 12.7. The Bertz CT molecular complexity index is 631. The topological polar surface area (TPSA) is 93.9 Å². The van der Waals surface area contributed by atoms with Crippen LogP contribution in [0.3, 0.4) is 0 Å². The van der Waals surface area contributed by atoms with Gasteiger partial charge in [0.15, 0.2) is 11.5 Å². The van der Waals surface area contributed by atoms with E-state index in [4.69, 9.17) is 15.2 Å². The Labute approximate surface area is 128 Å². The van der Waals surface area contributed by atoms with Crippen molar-refractivity contribution in [3.8, 4) is 11.5 Å². The number of ether oxygens (including phenoxy) is 2. The first-order valence-electron chi connectivity index (χ1n) is 7.39. The Morgan fingerprint density at radius 3 is 2.68 bits per heavy atom. The van der Waals surface area contributed by atoms with Crippen LogP contribution in [-0.2, 0) is 9.59 Å². The Balaban J connectivity index is 2.12. The van der Waals surface area contributed by atoms with E-state index >= 15 is 0 Å². The van der Waals surface area contributed by atoms with E-state index in [1.807, 2.05) is 13.8 Å². The zero-order valence-electron chi connectivity index (χ0n) is 12.6. The summed E-state index contributed by atoms with van der Waals surface area (Å²) in [4.78, 5) is 26.0. The molecule has 1 aromatic carbocycles. The summed E-state index contributed by atoms with van der Waals surface area (Å²) < 4.78 is 10.7. The molecule has 3 N–H and O–H groups in total. The van der Waals surface area contributed by atoms with E-state index in [2.05, 4.69) is 5.32 Å². The lowest BCUT2D eigenvalue weighted by Gasteiger charge is -2.38. The second-order valence-corrected chi connectivity index (χ2v) is 5.36. The van der Waals surface area contributed by atoms with Gasteiger partial charge in [-0.25, -0.2) is 0 Å². The van der Waals surface area contributed by atoms with Gasteiger partial charge in [-0.15, -0.1) is 0 Å². The molecule has 3 rings (SSSR count). The SMILES string of the molecule is CCC1Nc2cc3c(cc2N(C(CC)C(N)=O)C1=O)OCO3. The normalized spacial score (nSPS) is 20.4. The fraction of sp³-hybridized carbons (Fsp3) is 0.467. The number of carbonyl (C=O) groups excluding carboxylic acids is 2. The minimum absolute atomic E-state index is 0.149. The summed E-state index contributed by atoms with van der Waals surface area (Å²) in [6, 6.07) is 2.46. The molecule has 7 heteroatoms. The number of fused-ring (bicyclic) bond motifs is 2. The third-order valence-corrected chi connectivity index (χ3v) is 4.05. The van der Waals surface area contributed by atoms with Crippen molar-refractivity contribution in [1.29, 1.82) is 0 Å². The second kappa shape index (κ2) is 5.40. The summed E-state index contributed by atoms with van der Waals surface area (Å²) in [5.41, 5.74) is 6.84. The number of rotatable bonds is 4. The standard InChI is InChI=1S/C15H19N3O4/c1-3-8-15(20)18(10(4-2)14(16)19)11-6-13-12(21-7-22-13)5-9(11)17-8/h5-6,8,10,17H,3-4,7H2,1-2H3,(H2,16,19).